The van der Waals surface area contributed by atoms with Crippen LogP contribution in [-0.4, -0.2) is 17.6 Å². The first-order valence-corrected chi connectivity index (χ1v) is 2.65. The van der Waals surface area contributed by atoms with E-state index in [9.17, 15) is 4.79 Å². The van der Waals surface area contributed by atoms with Crippen molar-refractivity contribution in [2.75, 3.05) is 6.54 Å². The molecule has 0 aromatic heterocycles. The first kappa shape index (κ1) is 7.43. The van der Waals surface area contributed by atoms with E-state index in [4.69, 9.17) is 10.8 Å². The number of hydrogen-bond acceptors (Lipinski definition) is 2. The summed E-state index contributed by atoms with van der Waals surface area (Å²) in [6.45, 7) is 2.05. The van der Waals surface area contributed by atoms with Crippen LogP contribution in [0, 0.1) is 5.92 Å². The minimum atomic E-state index is -0.796. The van der Waals surface area contributed by atoms with Crippen LogP contribution < -0.4 is 5.73 Å². The molecule has 8 heavy (non-hydrogen) atoms. The molecule has 3 N–H and O–H groups in total. The molecule has 0 spiro atoms. The largest absolute Gasteiger partial charge is 0.481 e. The van der Waals surface area contributed by atoms with Gasteiger partial charge in [0.1, 0.15) is 0 Å². The first-order chi connectivity index (χ1) is 3.72. The summed E-state index contributed by atoms with van der Waals surface area (Å²) in [6, 6.07) is 0. The van der Waals surface area contributed by atoms with Gasteiger partial charge in [-0.15, -0.1) is 0 Å². The van der Waals surface area contributed by atoms with Crippen molar-refractivity contribution in [3.8, 4) is 0 Å². The molecular formula is C5H11NO2. The lowest BCUT2D eigenvalue weighted by molar-refractivity contribution is -0.141. The maximum Gasteiger partial charge on any atom is 0.307 e. The van der Waals surface area contributed by atoms with Gasteiger partial charge in [0.2, 0.25) is 0 Å². The van der Waals surface area contributed by atoms with Crippen LogP contribution in [0.4, 0.5) is 0 Å². The second-order valence-corrected chi connectivity index (χ2v) is 1.68. The molecule has 0 saturated carbocycles. The Morgan fingerprint density at radius 2 is 2.38 bits per heavy atom. The molecule has 48 valence electrons. The summed E-state index contributed by atoms with van der Waals surface area (Å²) in [7, 11) is 0. The summed E-state index contributed by atoms with van der Waals surface area (Å²) in [5, 5.41) is 8.29. The Bertz CT molecular complexity index is 78.5. The smallest absolute Gasteiger partial charge is 0.307 e. The lowest BCUT2D eigenvalue weighted by atomic mass is 10.1. The fourth-order valence-electron chi connectivity index (χ4n) is 0.442. The molecule has 0 aromatic carbocycles. The van der Waals surface area contributed by atoms with Crippen molar-refractivity contribution >= 4 is 5.97 Å². The average molecular weight is 117 g/mol. The summed E-state index contributed by atoms with van der Waals surface area (Å²) < 4.78 is 0. The van der Waals surface area contributed by atoms with Crippen LogP contribution in [-0.2, 0) is 4.79 Å². The Hall–Kier alpha value is -0.570. The lowest BCUT2D eigenvalue weighted by Gasteiger charge is -2.02. The molecule has 3 heteroatoms. The Kier molecular flexibility index (Phi) is 3.19. The number of hydrogen-bond donors (Lipinski definition) is 2. The van der Waals surface area contributed by atoms with Gasteiger partial charge < -0.3 is 10.8 Å². The normalized spacial score (nSPS) is 13.2. The summed E-state index contributed by atoms with van der Waals surface area (Å²) in [5.41, 5.74) is 5.10. The highest BCUT2D eigenvalue weighted by Gasteiger charge is 2.10. The van der Waals surface area contributed by atoms with E-state index < -0.39 is 5.97 Å². The van der Waals surface area contributed by atoms with E-state index in [-0.39, 0.29) is 12.5 Å². The third kappa shape index (κ3) is 1.93. The fraction of sp³-hybridized carbons (Fsp3) is 0.800. The van der Waals surface area contributed by atoms with E-state index in [2.05, 4.69) is 0 Å². The molecule has 0 aliphatic rings. The summed E-state index contributed by atoms with van der Waals surface area (Å²) >= 11 is 0. The van der Waals surface area contributed by atoms with Gasteiger partial charge in [0.25, 0.3) is 0 Å². The van der Waals surface area contributed by atoms with Crippen LogP contribution in [0.15, 0.2) is 0 Å². The Morgan fingerprint density at radius 1 is 1.88 bits per heavy atom. The molecule has 0 bridgehead atoms. The zero-order chi connectivity index (χ0) is 6.57. The molecule has 0 aliphatic carbocycles. The predicted molar refractivity (Wildman–Crippen MR) is 30.5 cm³/mol. The molecule has 1 unspecified atom stereocenters. The standard InChI is InChI=1S/C5H11NO2/c1-2-4(3-6)5(7)8/h4H,2-3,6H2,1H3,(H,7,8). The van der Waals surface area contributed by atoms with Gasteiger partial charge in [-0.3, -0.25) is 4.79 Å². The van der Waals surface area contributed by atoms with Gasteiger partial charge in [-0.25, -0.2) is 0 Å². The monoisotopic (exact) mass is 117 g/mol. The van der Waals surface area contributed by atoms with Crippen LogP contribution >= 0.6 is 0 Å². The van der Waals surface area contributed by atoms with Gasteiger partial charge in [0.15, 0.2) is 0 Å². The maximum absolute atomic E-state index is 10.1. The van der Waals surface area contributed by atoms with Crippen molar-refractivity contribution in [1.82, 2.24) is 0 Å². The average Bonchev–Trinajstić information content (AvgIpc) is 1.69. The van der Waals surface area contributed by atoms with E-state index in [0.717, 1.165) is 0 Å². The topological polar surface area (TPSA) is 63.3 Å². The van der Waals surface area contributed by atoms with Gasteiger partial charge in [-0.1, -0.05) is 6.92 Å². The van der Waals surface area contributed by atoms with Gasteiger partial charge >= 0.3 is 5.97 Å². The molecule has 0 aromatic rings. The zero-order valence-electron chi connectivity index (χ0n) is 4.92. The fourth-order valence-corrected chi connectivity index (χ4v) is 0.442. The summed E-state index contributed by atoms with van der Waals surface area (Å²) in [5.74, 6) is -1.15. The predicted octanol–water partition coefficient (Wildman–Crippen LogP) is 0.0559. The number of carboxylic acids is 1. The number of carbonyl (C=O) groups is 1. The highest BCUT2D eigenvalue weighted by Crippen LogP contribution is 1.97. The minimum Gasteiger partial charge on any atom is -0.481 e. The molecule has 0 aliphatic heterocycles. The second-order valence-electron chi connectivity index (χ2n) is 1.68. The number of nitrogens with two attached hydrogens (primary N) is 1. The highest BCUT2D eigenvalue weighted by atomic mass is 16.4. The van der Waals surface area contributed by atoms with E-state index in [1.165, 1.54) is 0 Å². The molecule has 0 fully saturated rings. The van der Waals surface area contributed by atoms with Crippen LogP contribution in [0.1, 0.15) is 13.3 Å². The quantitative estimate of drug-likeness (QED) is 0.549. The van der Waals surface area contributed by atoms with Gasteiger partial charge in [0.05, 0.1) is 5.92 Å². The molecule has 0 saturated heterocycles. The zero-order valence-corrected chi connectivity index (χ0v) is 4.92. The van der Waals surface area contributed by atoms with Crippen LogP contribution in [0.25, 0.3) is 0 Å². The molecular weight excluding hydrogens is 106 g/mol. The van der Waals surface area contributed by atoms with Gasteiger partial charge in [-0.2, -0.15) is 0 Å². The van der Waals surface area contributed by atoms with Crippen molar-refractivity contribution in [3.63, 3.8) is 0 Å². The van der Waals surface area contributed by atoms with E-state index in [0.29, 0.717) is 6.42 Å². The number of carboxylic acid groups (broad SMARTS) is 1. The molecule has 0 radical (unpaired) electrons. The van der Waals surface area contributed by atoms with Crippen molar-refractivity contribution < 1.29 is 9.90 Å². The molecule has 1 atom stereocenters. The van der Waals surface area contributed by atoms with Gasteiger partial charge in [0, 0.05) is 6.54 Å². The number of aliphatic carboxylic acids is 1. The lowest BCUT2D eigenvalue weighted by Crippen LogP contribution is -2.21. The molecule has 0 amide bonds. The van der Waals surface area contributed by atoms with E-state index >= 15 is 0 Å². The first-order valence-electron chi connectivity index (χ1n) is 2.65. The third-order valence-electron chi connectivity index (χ3n) is 1.13. The Balaban J connectivity index is 3.52. The second kappa shape index (κ2) is 3.43. The molecule has 3 nitrogen and oxygen atoms in total. The van der Waals surface area contributed by atoms with Crippen molar-refractivity contribution in [2.24, 2.45) is 11.7 Å². The van der Waals surface area contributed by atoms with Crippen LogP contribution in [0.3, 0.4) is 0 Å². The SMILES string of the molecule is CCC(CN)C(=O)O. The number of rotatable bonds is 3. The summed E-state index contributed by atoms with van der Waals surface area (Å²) in [4.78, 5) is 10.1. The van der Waals surface area contributed by atoms with Crippen LogP contribution in [0.5, 0.6) is 0 Å². The molecule has 0 heterocycles. The van der Waals surface area contributed by atoms with Crippen molar-refractivity contribution in [2.45, 2.75) is 13.3 Å². The van der Waals surface area contributed by atoms with Crippen LogP contribution in [0.2, 0.25) is 0 Å². The minimum absolute atomic E-state index is 0.242. The van der Waals surface area contributed by atoms with E-state index in [1.54, 1.807) is 0 Å². The maximum atomic E-state index is 10.1. The summed E-state index contributed by atoms with van der Waals surface area (Å²) in [6.07, 6.45) is 0.617. The third-order valence-corrected chi connectivity index (χ3v) is 1.13. The molecule has 0 rings (SSSR count). The Morgan fingerprint density at radius 3 is 2.38 bits per heavy atom. The van der Waals surface area contributed by atoms with Gasteiger partial charge in [-0.05, 0) is 6.42 Å². The van der Waals surface area contributed by atoms with Crippen molar-refractivity contribution in [3.05, 3.63) is 0 Å². The van der Waals surface area contributed by atoms with Crippen molar-refractivity contribution in [1.29, 1.82) is 0 Å². The van der Waals surface area contributed by atoms with E-state index in [1.807, 2.05) is 6.92 Å². The Labute approximate surface area is 48.5 Å². The highest BCUT2D eigenvalue weighted by molar-refractivity contribution is 5.70.